The molecule has 0 N–H and O–H groups in total. The van der Waals surface area contributed by atoms with E-state index in [1.54, 1.807) is 0 Å². The number of rotatable bonds is 3. The lowest BCUT2D eigenvalue weighted by molar-refractivity contribution is 0.305. The summed E-state index contributed by atoms with van der Waals surface area (Å²) in [6.07, 6.45) is 5.34. The van der Waals surface area contributed by atoms with Gasteiger partial charge in [0.05, 0.1) is 0 Å². The molecule has 0 saturated heterocycles. The maximum atomic E-state index is 3.85. The first-order valence-electron chi connectivity index (χ1n) is 4.65. The van der Waals surface area contributed by atoms with Gasteiger partial charge in [-0.1, -0.05) is 48.2 Å². The molecule has 2 heteroatoms. The van der Waals surface area contributed by atoms with E-state index in [0.29, 0.717) is 0 Å². The summed E-state index contributed by atoms with van der Waals surface area (Å²) in [6.45, 7) is 9.47. The van der Waals surface area contributed by atoms with Crippen LogP contribution in [0.2, 0.25) is 0 Å². The summed E-state index contributed by atoms with van der Waals surface area (Å²) in [7, 11) is 0. The average molecular weight is 289 g/mol. The van der Waals surface area contributed by atoms with Crippen LogP contribution in [-0.4, -0.2) is 24.5 Å². The van der Waals surface area contributed by atoms with Crippen molar-refractivity contribution in [1.29, 1.82) is 0 Å². The van der Waals surface area contributed by atoms with E-state index in [2.05, 4.69) is 51.2 Å². The zero-order valence-corrected chi connectivity index (χ0v) is 10.3. The van der Waals surface area contributed by atoms with Gasteiger partial charge in [-0.2, -0.15) is 0 Å². The minimum absolute atomic E-state index is 1.08. The summed E-state index contributed by atoms with van der Waals surface area (Å²) in [4.78, 5) is 2.46. The van der Waals surface area contributed by atoms with Crippen molar-refractivity contribution in [3.8, 4) is 0 Å². The van der Waals surface area contributed by atoms with Crippen molar-refractivity contribution in [3.05, 3.63) is 34.0 Å². The molecule has 0 aliphatic carbocycles. The van der Waals surface area contributed by atoms with E-state index in [-0.39, 0.29) is 0 Å². The van der Waals surface area contributed by atoms with Gasteiger partial charge in [-0.05, 0) is 28.2 Å². The molecule has 0 fully saturated rings. The molecular weight excluding hydrogens is 273 g/mol. The highest BCUT2D eigenvalue weighted by Gasteiger charge is 2.13. The topological polar surface area (TPSA) is 3.24 Å². The normalized spacial score (nSPS) is 19.8. The van der Waals surface area contributed by atoms with Crippen molar-refractivity contribution in [2.24, 2.45) is 0 Å². The second kappa shape index (κ2) is 5.60. The largest absolute Gasteiger partial charge is 0.299 e. The van der Waals surface area contributed by atoms with E-state index in [9.17, 15) is 0 Å². The molecule has 0 aromatic heterocycles. The number of hydrogen-bond donors (Lipinski definition) is 0. The molecule has 72 valence electrons. The highest BCUT2D eigenvalue weighted by atomic mass is 127. The zero-order chi connectivity index (χ0) is 9.68. The highest BCUT2D eigenvalue weighted by molar-refractivity contribution is 14.1. The van der Waals surface area contributed by atoms with Crippen molar-refractivity contribution in [3.63, 3.8) is 0 Å². The smallest absolute Gasteiger partial charge is 0.0236 e. The Bertz CT molecular complexity index is 240. The van der Waals surface area contributed by atoms with Crippen molar-refractivity contribution in [2.75, 3.05) is 19.6 Å². The molecule has 0 atom stereocenters. The van der Waals surface area contributed by atoms with Gasteiger partial charge >= 0.3 is 0 Å². The van der Waals surface area contributed by atoms with Gasteiger partial charge in [0.2, 0.25) is 0 Å². The Morgan fingerprint density at radius 2 is 2.31 bits per heavy atom. The Kier molecular flexibility index (Phi) is 4.73. The van der Waals surface area contributed by atoms with Gasteiger partial charge in [-0.15, -0.1) is 0 Å². The minimum Gasteiger partial charge on any atom is -0.299 e. The van der Waals surface area contributed by atoms with E-state index in [1.807, 2.05) is 6.08 Å². The lowest BCUT2D eigenvalue weighted by Crippen LogP contribution is -2.30. The number of nitrogens with zero attached hydrogens (tertiary/aromatic N) is 1. The zero-order valence-electron chi connectivity index (χ0n) is 8.09. The van der Waals surface area contributed by atoms with E-state index in [0.717, 1.165) is 19.5 Å². The lowest BCUT2D eigenvalue weighted by Gasteiger charge is -2.27. The van der Waals surface area contributed by atoms with Crippen LogP contribution in [0, 0.1) is 0 Å². The first kappa shape index (κ1) is 11.0. The summed E-state index contributed by atoms with van der Waals surface area (Å²) in [5.74, 6) is 0. The van der Waals surface area contributed by atoms with E-state index >= 15 is 0 Å². The van der Waals surface area contributed by atoms with Crippen LogP contribution in [0.25, 0.3) is 0 Å². The van der Waals surface area contributed by atoms with Gasteiger partial charge in [0, 0.05) is 13.1 Å². The number of halogens is 1. The van der Waals surface area contributed by atoms with Crippen LogP contribution < -0.4 is 0 Å². The molecule has 1 aliphatic heterocycles. The average Bonchev–Trinajstić information content (AvgIpc) is 2.18. The summed E-state index contributed by atoms with van der Waals surface area (Å²) in [5.41, 5.74) is 2.84. The van der Waals surface area contributed by atoms with Crippen LogP contribution in [0.15, 0.2) is 34.0 Å². The quantitative estimate of drug-likeness (QED) is 0.721. The van der Waals surface area contributed by atoms with Gasteiger partial charge < -0.3 is 0 Å². The fourth-order valence-electron chi connectivity index (χ4n) is 1.60. The van der Waals surface area contributed by atoms with Crippen LogP contribution in [0.4, 0.5) is 0 Å². The summed E-state index contributed by atoms with van der Waals surface area (Å²) in [6, 6.07) is 0. The van der Waals surface area contributed by atoms with Crippen molar-refractivity contribution >= 4 is 22.6 Å². The fourth-order valence-corrected chi connectivity index (χ4v) is 2.03. The van der Waals surface area contributed by atoms with Crippen molar-refractivity contribution in [1.82, 2.24) is 4.90 Å². The highest BCUT2D eigenvalue weighted by Crippen LogP contribution is 2.19. The third kappa shape index (κ3) is 2.95. The van der Waals surface area contributed by atoms with Gasteiger partial charge in [0.1, 0.15) is 0 Å². The monoisotopic (exact) mass is 289 g/mol. The summed E-state index contributed by atoms with van der Waals surface area (Å²) in [5, 5.41) is 0. The molecule has 1 rings (SSSR count). The summed E-state index contributed by atoms with van der Waals surface area (Å²) < 4.78 is 2.08. The Labute approximate surface area is 94.3 Å². The third-order valence-electron chi connectivity index (χ3n) is 2.46. The van der Waals surface area contributed by atoms with Gasteiger partial charge in [-0.3, -0.25) is 4.90 Å². The second-order valence-electron chi connectivity index (χ2n) is 3.17. The van der Waals surface area contributed by atoms with Crippen molar-refractivity contribution in [2.45, 2.75) is 13.3 Å². The molecule has 0 saturated carbocycles. The number of likely N-dealkylation sites (N-methyl/N-ethyl adjacent to an activating group) is 1. The van der Waals surface area contributed by atoms with Crippen LogP contribution in [0.5, 0.6) is 0 Å². The van der Waals surface area contributed by atoms with Crippen molar-refractivity contribution < 1.29 is 0 Å². The molecular formula is C11H16IN. The standard InChI is InChI=1S/C11H16IN/c1-3-10-6-8-13(4-2)9-11(10)5-7-12/h3,5,7H,1,4,6,8-9H2,2H3/b7-5-. The molecule has 1 nitrogen and oxygen atoms in total. The SMILES string of the molecule is C=CC1=C(/C=C\I)CN(CC)CC1. The van der Waals surface area contributed by atoms with Gasteiger partial charge in [-0.25, -0.2) is 0 Å². The number of allylic oxidation sites excluding steroid dienone is 1. The maximum Gasteiger partial charge on any atom is 0.0236 e. The Balaban J connectivity index is 2.79. The molecule has 13 heavy (non-hydrogen) atoms. The van der Waals surface area contributed by atoms with Gasteiger partial charge in [0.25, 0.3) is 0 Å². The molecule has 0 unspecified atom stereocenters. The van der Waals surface area contributed by atoms with E-state index < -0.39 is 0 Å². The minimum atomic E-state index is 1.08. The molecule has 0 bridgehead atoms. The Morgan fingerprint density at radius 1 is 1.54 bits per heavy atom. The molecule has 1 aliphatic rings. The predicted octanol–water partition coefficient (Wildman–Crippen LogP) is 3.14. The van der Waals surface area contributed by atoms with E-state index in [1.165, 1.54) is 17.7 Å². The van der Waals surface area contributed by atoms with E-state index in [4.69, 9.17) is 0 Å². The molecule has 1 heterocycles. The first-order chi connectivity index (χ1) is 6.31. The number of hydrogen-bond acceptors (Lipinski definition) is 1. The maximum absolute atomic E-state index is 3.85. The van der Waals surface area contributed by atoms with Crippen LogP contribution in [-0.2, 0) is 0 Å². The Morgan fingerprint density at radius 3 is 2.85 bits per heavy atom. The molecule has 0 amide bonds. The fraction of sp³-hybridized carbons (Fsp3) is 0.455. The summed E-state index contributed by atoms with van der Waals surface area (Å²) >= 11 is 2.27. The predicted molar refractivity (Wildman–Crippen MR) is 67.1 cm³/mol. The molecule has 0 aromatic rings. The Hall–Kier alpha value is -0.0900. The van der Waals surface area contributed by atoms with Crippen LogP contribution in [0.3, 0.4) is 0 Å². The molecule has 0 spiro atoms. The first-order valence-corrected chi connectivity index (χ1v) is 5.90. The second-order valence-corrected chi connectivity index (χ2v) is 3.89. The molecule has 0 aromatic carbocycles. The third-order valence-corrected chi connectivity index (χ3v) is 2.82. The van der Waals surface area contributed by atoms with Crippen LogP contribution in [0.1, 0.15) is 13.3 Å². The molecule has 0 radical (unpaired) electrons. The van der Waals surface area contributed by atoms with Crippen LogP contribution >= 0.6 is 22.6 Å². The lowest BCUT2D eigenvalue weighted by atomic mass is 10.0. The van der Waals surface area contributed by atoms with Gasteiger partial charge in [0.15, 0.2) is 0 Å².